The Hall–Kier alpha value is -3.83. The molecular formula is C21H15F5N6O. The quantitative estimate of drug-likeness (QED) is 0.428. The Balaban J connectivity index is 1.68. The molecule has 5 rings (SSSR count). The van der Waals surface area contributed by atoms with E-state index in [1.165, 1.54) is 36.1 Å². The lowest BCUT2D eigenvalue weighted by Gasteiger charge is -2.18. The number of amides is 1. The molecule has 1 aliphatic rings. The van der Waals surface area contributed by atoms with Gasteiger partial charge in [0.05, 0.1) is 35.7 Å². The minimum absolute atomic E-state index is 0.0185. The molecule has 1 fully saturated rings. The van der Waals surface area contributed by atoms with Crippen LogP contribution < -0.4 is 5.32 Å². The fourth-order valence-electron chi connectivity index (χ4n) is 3.82. The summed E-state index contributed by atoms with van der Waals surface area (Å²) in [7, 11) is 0. The number of hydrogen-bond acceptors (Lipinski definition) is 4. The maximum atomic E-state index is 15.2. The van der Waals surface area contributed by atoms with Crippen LogP contribution in [0.25, 0.3) is 33.4 Å². The number of carbonyl (C=O) groups is 1. The van der Waals surface area contributed by atoms with E-state index in [4.69, 9.17) is 0 Å². The zero-order chi connectivity index (χ0) is 23.7. The second-order valence-electron chi connectivity index (χ2n) is 7.89. The molecule has 3 aromatic heterocycles. The number of rotatable bonds is 4. The molecule has 1 aliphatic carbocycles. The summed E-state index contributed by atoms with van der Waals surface area (Å²) < 4.78 is 71.7. The van der Waals surface area contributed by atoms with Crippen molar-refractivity contribution in [1.82, 2.24) is 24.6 Å². The van der Waals surface area contributed by atoms with Crippen LogP contribution in [0.4, 0.5) is 27.8 Å². The zero-order valence-electron chi connectivity index (χ0n) is 17.0. The average molecular weight is 462 g/mol. The van der Waals surface area contributed by atoms with Crippen LogP contribution in [0.2, 0.25) is 0 Å². The molecular weight excluding hydrogens is 447 g/mol. The van der Waals surface area contributed by atoms with Gasteiger partial charge in [0.1, 0.15) is 17.6 Å². The van der Waals surface area contributed by atoms with Gasteiger partial charge >= 0.3 is 6.18 Å². The topological polar surface area (TPSA) is 88.0 Å². The first kappa shape index (κ1) is 21.0. The van der Waals surface area contributed by atoms with Crippen LogP contribution in [0, 0.1) is 11.7 Å². The highest BCUT2D eigenvalue weighted by Crippen LogP contribution is 2.45. The number of hydrogen-bond donors (Lipinski definition) is 2. The third-order valence-electron chi connectivity index (χ3n) is 5.46. The number of alkyl halides is 4. The van der Waals surface area contributed by atoms with Crippen molar-refractivity contribution in [2.45, 2.75) is 25.7 Å². The van der Waals surface area contributed by atoms with Crippen molar-refractivity contribution >= 4 is 33.8 Å². The van der Waals surface area contributed by atoms with Crippen molar-refractivity contribution in [3.8, 4) is 11.3 Å². The lowest BCUT2D eigenvalue weighted by atomic mass is 9.93. The first-order chi connectivity index (χ1) is 15.6. The molecule has 4 aromatic rings. The van der Waals surface area contributed by atoms with Gasteiger partial charge in [-0.1, -0.05) is 6.58 Å². The van der Waals surface area contributed by atoms with E-state index in [9.17, 15) is 22.4 Å². The smallest absolute Gasteiger partial charge is 0.309 e. The van der Waals surface area contributed by atoms with Gasteiger partial charge in [-0.2, -0.15) is 18.3 Å². The summed E-state index contributed by atoms with van der Waals surface area (Å²) in [5.41, 5.74) is -2.09. The van der Waals surface area contributed by atoms with E-state index < -0.39 is 41.1 Å². The van der Waals surface area contributed by atoms with Crippen molar-refractivity contribution < 1.29 is 26.7 Å². The first-order valence-corrected chi connectivity index (χ1v) is 9.78. The Labute approximate surface area is 182 Å². The van der Waals surface area contributed by atoms with E-state index in [-0.39, 0.29) is 45.6 Å². The third-order valence-corrected chi connectivity index (χ3v) is 5.46. The molecule has 3 heterocycles. The van der Waals surface area contributed by atoms with Crippen molar-refractivity contribution in [2.75, 3.05) is 5.32 Å². The minimum Gasteiger partial charge on any atom is -0.309 e. The number of imidazole rings is 1. The summed E-state index contributed by atoms with van der Waals surface area (Å²) in [6.07, 6.45) is -1.14. The fraction of sp³-hybridized carbons (Fsp3) is 0.238. The van der Waals surface area contributed by atoms with Crippen LogP contribution in [-0.4, -0.2) is 36.6 Å². The molecule has 33 heavy (non-hydrogen) atoms. The number of nitrogens with zero attached hydrogens (tertiary/aromatic N) is 4. The number of anilines is 1. The fourth-order valence-corrected chi connectivity index (χ4v) is 3.82. The van der Waals surface area contributed by atoms with Crippen LogP contribution in [0.5, 0.6) is 0 Å². The highest BCUT2D eigenvalue weighted by Gasteiger charge is 2.44. The molecule has 2 unspecified atom stereocenters. The van der Waals surface area contributed by atoms with Gasteiger partial charge < -0.3 is 9.72 Å². The number of fused-ring (bicyclic) bond motifs is 2. The molecule has 12 heteroatoms. The van der Waals surface area contributed by atoms with Gasteiger partial charge in [-0.3, -0.25) is 14.9 Å². The van der Waals surface area contributed by atoms with Gasteiger partial charge in [0.2, 0.25) is 5.91 Å². The SMILES string of the molecule is C=C(C)c1c(F)c(C(F)(F)F)c(-c2cn3cc(NC(=O)C4CC4F)nc3cn2)c2cn[nH]c12. The lowest BCUT2D eigenvalue weighted by molar-refractivity contribution is -0.139. The van der Waals surface area contributed by atoms with Crippen molar-refractivity contribution in [2.24, 2.45) is 5.92 Å². The van der Waals surface area contributed by atoms with Crippen molar-refractivity contribution in [3.63, 3.8) is 0 Å². The summed E-state index contributed by atoms with van der Waals surface area (Å²) in [5.74, 6) is -2.66. The molecule has 2 N–H and O–H groups in total. The van der Waals surface area contributed by atoms with Crippen LogP contribution in [-0.2, 0) is 11.0 Å². The molecule has 1 aromatic carbocycles. The number of H-pyrrole nitrogens is 1. The molecule has 7 nitrogen and oxygen atoms in total. The Kier molecular flexibility index (Phi) is 4.52. The molecule has 0 saturated heterocycles. The van der Waals surface area contributed by atoms with Crippen LogP contribution in [0.3, 0.4) is 0 Å². The van der Waals surface area contributed by atoms with Crippen LogP contribution in [0.15, 0.2) is 31.4 Å². The standard InChI is InChI=1S/C21H15F5N6O/c1-8(2)15-18(23)17(21(24,25)26)16(10-4-28-31-19(10)15)12-6-32-7-13(29-14(32)5-27-12)30-20(33)9-3-11(9)22/h4-7,9,11H,1,3H2,2H3,(H,28,31)(H,30,33). The van der Waals surface area contributed by atoms with Gasteiger partial charge in [0, 0.05) is 22.7 Å². The number of carbonyl (C=O) groups excluding carboxylic acids is 1. The number of nitrogens with one attached hydrogen (secondary N) is 2. The second-order valence-corrected chi connectivity index (χ2v) is 7.89. The van der Waals surface area contributed by atoms with E-state index in [0.717, 1.165) is 0 Å². The summed E-state index contributed by atoms with van der Waals surface area (Å²) >= 11 is 0. The second kappa shape index (κ2) is 7.09. The van der Waals surface area contributed by atoms with Gasteiger partial charge in [0.15, 0.2) is 11.5 Å². The Morgan fingerprint density at radius 1 is 1.30 bits per heavy atom. The van der Waals surface area contributed by atoms with Crippen LogP contribution >= 0.6 is 0 Å². The Morgan fingerprint density at radius 3 is 2.67 bits per heavy atom. The van der Waals surface area contributed by atoms with E-state index in [1.54, 1.807) is 0 Å². The van der Waals surface area contributed by atoms with E-state index >= 15 is 4.39 Å². The van der Waals surface area contributed by atoms with Gasteiger partial charge in [-0.05, 0) is 18.9 Å². The normalized spacial score (nSPS) is 18.1. The largest absolute Gasteiger partial charge is 0.419 e. The predicted octanol–water partition coefficient (Wildman–Crippen LogP) is 4.76. The third kappa shape index (κ3) is 3.41. The van der Waals surface area contributed by atoms with E-state index in [2.05, 4.69) is 32.1 Å². The monoisotopic (exact) mass is 462 g/mol. The highest BCUT2D eigenvalue weighted by atomic mass is 19.4. The summed E-state index contributed by atoms with van der Waals surface area (Å²) in [6.45, 7) is 4.99. The Morgan fingerprint density at radius 2 is 2.03 bits per heavy atom. The molecule has 0 radical (unpaired) electrons. The molecule has 0 spiro atoms. The van der Waals surface area contributed by atoms with Crippen molar-refractivity contribution in [3.05, 3.63) is 48.3 Å². The molecule has 2 atom stereocenters. The van der Waals surface area contributed by atoms with Crippen LogP contribution in [0.1, 0.15) is 24.5 Å². The van der Waals surface area contributed by atoms with E-state index in [0.29, 0.717) is 0 Å². The van der Waals surface area contributed by atoms with Crippen molar-refractivity contribution in [1.29, 1.82) is 0 Å². The molecule has 1 amide bonds. The summed E-state index contributed by atoms with van der Waals surface area (Å²) in [5, 5.41) is 8.82. The maximum Gasteiger partial charge on any atom is 0.419 e. The molecule has 1 saturated carbocycles. The number of aromatic amines is 1. The first-order valence-electron chi connectivity index (χ1n) is 9.78. The van der Waals surface area contributed by atoms with Gasteiger partial charge in [0.25, 0.3) is 0 Å². The molecule has 0 bridgehead atoms. The van der Waals surface area contributed by atoms with E-state index in [1.807, 2.05) is 0 Å². The number of aromatic nitrogens is 5. The maximum absolute atomic E-state index is 15.2. The number of allylic oxidation sites excluding steroid dienone is 1. The molecule has 170 valence electrons. The predicted molar refractivity (Wildman–Crippen MR) is 109 cm³/mol. The Bertz CT molecular complexity index is 1450. The molecule has 0 aliphatic heterocycles. The van der Waals surface area contributed by atoms with Gasteiger partial charge in [-0.15, -0.1) is 0 Å². The average Bonchev–Trinajstić information content (AvgIpc) is 3.10. The number of halogens is 5. The zero-order valence-corrected chi connectivity index (χ0v) is 17.0. The lowest BCUT2D eigenvalue weighted by Crippen LogP contribution is -2.15. The highest BCUT2D eigenvalue weighted by molar-refractivity contribution is 6.01. The minimum atomic E-state index is -5.03. The number of benzene rings is 1. The summed E-state index contributed by atoms with van der Waals surface area (Å²) in [4.78, 5) is 20.1. The van der Waals surface area contributed by atoms with Gasteiger partial charge in [-0.25, -0.2) is 13.8 Å². The summed E-state index contributed by atoms with van der Waals surface area (Å²) in [6, 6.07) is 0.